The molecule has 0 radical (unpaired) electrons. The Labute approximate surface area is 124 Å². The van der Waals surface area contributed by atoms with E-state index >= 15 is 0 Å². The van der Waals surface area contributed by atoms with Crippen molar-refractivity contribution in [3.8, 4) is 0 Å². The van der Waals surface area contributed by atoms with Crippen LogP contribution in [0.5, 0.6) is 0 Å². The summed E-state index contributed by atoms with van der Waals surface area (Å²) < 4.78 is 1.02. The Morgan fingerprint density at radius 3 is 2.89 bits per heavy atom. The van der Waals surface area contributed by atoms with E-state index in [1.54, 1.807) is 0 Å². The number of nitrogens with one attached hydrogen (secondary N) is 1. The van der Waals surface area contributed by atoms with Crippen LogP contribution >= 0.6 is 15.9 Å². The first-order valence-electron chi connectivity index (χ1n) is 7.01. The fraction of sp³-hybridized carbons (Fsp3) is 0.667. The third-order valence-electron chi connectivity index (χ3n) is 4.18. The molecule has 1 saturated heterocycles. The molecule has 1 N–H and O–H groups in total. The Kier molecular flexibility index (Phi) is 4.85. The highest BCUT2D eigenvalue weighted by molar-refractivity contribution is 9.10. The predicted molar refractivity (Wildman–Crippen MR) is 84.4 cm³/mol. The number of likely N-dealkylation sites (tertiary alicyclic amines) is 1. The third kappa shape index (κ3) is 4.18. The van der Waals surface area contributed by atoms with Crippen molar-refractivity contribution in [2.24, 2.45) is 11.3 Å². The number of nitrogens with zero attached hydrogens (tertiary/aromatic N) is 2. The maximum Gasteiger partial charge on any atom is 0.125 e. The van der Waals surface area contributed by atoms with E-state index < -0.39 is 0 Å². The molecule has 0 bridgehead atoms. The number of halogens is 1. The summed E-state index contributed by atoms with van der Waals surface area (Å²) in [5.74, 6) is 1.72. The van der Waals surface area contributed by atoms with Gasteiger partial charge in [0.2, 0.25) is 0 Å². The molecule has 0 spiro atoms. The molecular weight excluding hydrogens is 302 g/mol. The Bertz CT molecular complexity index is 402. The van der Waals surface area contributed by atoms with Crippen molar-refractivity contribution in [2.45, 2.75) is 26.7 Å². The van der Waals surface area contributed by atoms with E-state index in [2.05, 4.69) is 52.0 Å². The van der Waals surface area contributed by atoms with Crippen molar-refractivity contribution >= 4 is 21.7 Å². The second kappa shape index (κ2) is 6.23. The van der Waals surface area contributed by atoms with Crippen LogP contribution in [-0.4, -0.2) is 36.6 Å². The van der Waals surface area contributed by atoms with Crippen molar-refractivity contribution in [3.05, 3.63) is 22.8 Å². The predicted octanol–water partition coefficient (Wildman–Crippen LogP) is 3.62. The van der Waals surface area contributed by atoms with Gasteiger partial charge in [-0.2, -0.15) is 0 Å². The average molecular weight is 326 g/mol. The van der Waals surface area contributed by atoms with E-state index in [0.717, 1.165) is 22.8 Å². The Balaban J connectivity index is 1.91. The van der Waals surface area contributed by atoms with Crippen molar-refractivity contribution in [1.29, 1.82) is 0 Å². The average Bonchev–Trinajstić information content (AvgIpc) is 2.38. The lowest BCUT2D eigenvalue weighted by Gasteiger charge is -2.40. The molecule has 1 aliphatic heterocycles. The van der Waals surface area contributed by atoms with Crippen molar-refractivity contribution in [1.82, 2.24) is 9.88 Å². The Morgan fingerprint density at radius 2 is 2.26 bits per heavy atom. The molecule has 1 aromatic rings. The second-order valence-electron chi connectivity index (χ2n) is 6.31. The molecule has 1 aliphatic rings. The maximum atomic E-state index is 4.37. The monoisotopic (exact) mass is 325 g/mol. The van der Waals surface area contributed by atoms with Gasteiger partial charge < -0.3 is 10.2 Å². The van der Waals surface area contributed by atoms with Gasteiger partial charge in [0.25, 0.3) is 0 Å². The van der Waals surface area contributed by atoms with E-state index in [9.17, 15) is 0 Å². The Morgan fingerprint density at radius 1 is 1.47 bits per heavy atom. The summed E-state index contributed by atoms with van der Waals surface area (Å²) in [5.41, 5.74) is 0.295. The molecular formula is C15H24BrN3. The molecule has 0 aromatic carbocycles. The van der Waals surface area contributed by atoms with Crippen LogP contribution in [0.3, 0.4) is 0 Å². The van der Waals surface area contributed by atoms with Gasteiger partial charge >= 0.3 is 0 Å². The van der Waals surface area contributed by atoms with Crippen LogP contribution in [0, 0.1) is 11.3 Å². The van der Waals surface area contributed by atoms with Crippen LogP contribution in [0.1, 0.15) is 26.7 Å². The largest absolute Gasteiger partial charge is 0.370 e. The van der Waals surface area contributed by atoms with Gasteiger partial charge in [-0.25, -0.2) is 4.98 Å². The molecule has 4 heteroatoms. The lowest BCUT2D eigenvalue weighted by atomic mass is 9.74. The van der Waals surface area contributed by atoms with E-state index in [1.807, 2.05) is 18.3 Å². The minimum Gasteiger partial charge on any atom is -0.370 e. The zero-order valence-electron chi connectivity index (χ0n) is 12.1. The number of hydrogen-bond acceptors (Lipinski definition) is 3. The number of hydrogen-bond donors (Lipinski definition) is 1. The SMILES string of the molecule is CN1CCCC(C(C)(C)CNc2ccc(Br)cn2)C1. The zero-order chi connectivity index (χ0) is 13.9. The van der Waals surface area contributed by atoms with Gasteiger partial charge in [0.15, 0.2) is 0 Å². The van der Waals surface area contributed by atoms with E-state index in [1.165, 1.54) is 25.9 Å². The first-order chi connectivity index (χ1) is 8.97. The zero-order valence-corrected chi connectivity index (χ0v) is 13.7. The first kappa shape index (κ1) is 14.8. The van der Waals surface area contributed by atoms with Crippen molar-refractivity contribution in [2.75, 3.05) is 32.0 Å². The normalized spacial score (nSPS) is 21.4. The summed E-state index contributed by atoms with van der Waals surface area (Å²) in [6.07, 6.45) is 4.50. The highest BCUT2D eigenvalue weighted by Crippen LogP contribution is 2.33. The quantitative estimate of drug-likeness (QED) is 0.916. The van der Waals surface area contributed by atoms with Crippen molar-refractivity contribution in [3.63, 3.8) is 0 Å². The smallest absolute Gasteiger partial charge is 0.125 e. The molecule has 19 heavy (non-hydrogen) atoms. The van der Waals surface area contributed by atoms with Crippen LogP contribution in [0.25, 0.3) is 0 Å². The third-order valence-corrected chi connectivity index (χ3v) is 4.65. The van der Waals surface area contributed by atoms with Gasteiger partial charge in [-0.1, -0.05) is 13.8 Å². The molecule has 1 aromatic heterocycles. The topological polar surface area (TPSA) is 28.2 Å². The van der Waals surface area contributed by atoms with E-state index in [0.29, 0.717) is 5.41 Å². The summed E-state index contributed by atoms with van der Waals surface area (Å²) >= 11 is 3.41. The van der Waals surface area contributed by atoms with Gasteiger partial charge in [0.05, 0.1) is 0 Å². The number of anilines is 1. The van der Waals surface area contributed by atoms with Crippen LogP contribution in [0.15, 0.2) is 22.8 Å². The number of rotatable bonds is 4. The molecule has 0 amide bonds. The molecule has 1 fully saturated rings. The minimum atomic E-state index is 0.295. The van der Waals surface area contributed by atoms with Gasteiger partial charge in [0, 0.05) is 23.8 Å². The van der Waals surface area contributed by atoms with Crippen LogP contribution in [-0.2, 0) is 0 Å². The number of piperidine rings is 1. The lowest BCUT2D eigenvalue weighted by Crippen LogP contribution is -2.42. The summed E-state index contributed by atoms with van der Waals surface area (Å²) in [6.45, 7) is 8.15. The van der Waals surface area contributed by atoms with Gasteiger partial charge in [-0.15, -0.1) is 0 Å². The van der Waals surface area contributed by atoms with Gasteiger partial charge in [-0.3, -0.25) is 0 Å². The fourth-order valence-electron chi connectivity index (χ4n) is 2.75. The maximum absolute atomic E-state index is 4.37. The summed E-state index contributed by atoms with van der Waals surface area (Å²) in [5, 5.41) is 3.47. The van der Waals surface area contributed by atoms with E-state index in [4.69, 9.17) is 0 Å². The van der Waals surface area contributed by atoms with Gasteiger partial charge in [0.1, 0.15) is 5.82 Å². The molecule has 0 saturated carbocycles. The molecule has 2 rings (SSSR count). The number of pyridine rings is 1. The van der Waals surface area contributed by atoms with E-state index in [-0.39, 0.29) is 0 Å². The minimum absolute atomic E-state index is 0.295. The number of aromatic nitrogens is 1. The standard InChI is InChI=1S/C15H24BrN3/c1-15(2,12-5-4-8-19(3)10-12)11-18-14-7-6-13(16)9-17-14/h6-7,9,12H,4-5,8,10-11H2,1-3H3,(H,17,18). The summed E-state index contributed by atoms with van der Waals surface area (Å²) in [7, 11) is 2.23. The summed E-state index contributed by atoms with van der Waals surface area (Å²) in [4.78, 5) is 6.83. The first-order valence-corrected chi connectivity index (χ1v) is 7.81. The van der Waals surface area contributed by atoms with Crippen LogP contribution < -0.4 is 5.32 Å². The Hall–Kier alpha value is -0.610. The summed E-state index contributed by atoms with van der Waals surface area (Å²) in [6, 6.07) is 4.05. The molecule has 1 atom stereocenters. The second-order valence-corrected chi connectivity index (χ2v) is 7.22. The molecule has 3 nitrogen and oxygen atoms in total. The van der Waals surface area contributed by atoms with Gasteiger partial charge in [-0.05, 0) is 65.8 Å². The van der Waals surface area contributed by atoms with Crippen LogP contribution in [0.4, 0.5) is 5.82 Å². The molecule has 2 heterocycles. The molecule has 0 aliphatic carbocycles. The molecule has 106 valence electrons. The van der Waals surface area contributed by atoms with Crippen molar-refractivity contribution < 1.29 is 0 Å². The highest BCUT2D eigenvalue weighted by atomic mass is 79.9. The highest BCUT2D eigenvalue weighted by Gasteiger charge is 2.32. The molecule has 1 unspecified atom stereocenters. The fourth-order valence-corrected chi connectivity index (χ4v) is 2.98. The van der Waals surface area contributed by atoms with Crippen LogP contribution in [0.2, 0.25) is 0 Å². The lowest BCUT2D eigenvalue weighted by molar-refractivity contribution is 0.113.